The molecule has 4 unspecified atom stereocenters. The number of nitrogens with zero attached hydrogens (tertiary/aromatic N) is 2. The Balaban J connectivity index is 1.86. The molecule has 40 heavy (non-hydrogen) atoms. The lowest BCUT2D eigenvalue weighted by atomic mass is 9.73. The number of rotatable bonds is 7. The van der Waals surface area contributed by atoms with Gasteiger partial charge in [0.05, 0.1) is 21.8 Å². The summed E-state index contributed by atoms with van der Waals surface area (Å²) >= 11 is 2.52. The highest BCUT2D eigenvalue weighted by Crippen LogP contribution is 2.58. The molecule has 204 valence electrons. The Bertz CT molecular complexity index is 1630. The molecule has 1 saturated heterocycles. The molecule has 1 N–H and O–H groups in total. The molecule has 1 aliphatic rings. The summed E-state index contributed by atoms with van der Waals surface area (Å²) in [5, 5.41) is 26.2. The first kappa shape index (κ1) is 27.4. The molecule has 1 amide bonds. The van der Waals surface area contributed by atoms with Gasteiger partial charge in [0.25, 0.3) is 11.6 Å². The number of non-ortho nitro benzene ring substituents is 1. The van der Waals surface area contributed by atoms with Crippen LogP contribution in [0, 0.1) is 29.9 Å². The van der Waals surface area contributed by atoms with Crippen LogP contribution in [0.5, 0.6) is 0 Å². The van der Waals surface area contributed by atoms with E-state index in [1.165, 1.54) is 52.7 Å². The van der Waals surface area contributed by atoms with Gasteiger partial charge in [-0.2, -0.15) is 0 Å². The first-order chi connectivity index (χ1) is 19.1. The van der Waals surface area contributed by atoms with E-state index >= 15 is 0 Å². The molecule has 4 aromatic rings. The maximum Gasteiger partial charge on any atom is 0.330 e. The zero-order valence-corrected chi connectivity index (χ0v) is 23.6. The number of nitro benzene ring substituents is 1. The second-order valence-electron chi connectivity index (χ2n) is 10.1. The van der Waals surface area contributed by atoms with Crippen LogP contribution in [-0.2, 0) is 4.79 Å². The molecule has 2 aromatic heterocycles. The second-order valence-corrected chi connectivity index (χ2v) is 11.9. The maximum atomic E-state index is 14.6. The fraction of sp³-hybridized carbons (Fsp3) is 0.233. The van der Waals surface area contributed by atoms with Crippen molar-refractivity contribution in [3.8, 4) is 0 Å². The van der Waals surface area contributed by atoms with Crippen molar-refractivity contribution >= 4 is 46.0 Å². The lowest BCUT2D eigenvalue weighted by Crippen LogP contribution is -2.54. The highest BCUT2D eigenvalue weighted by Gasteiger charge is 2.65. The molecule has 0 aliphatic carbocycles. The zero-order valence-electron chi connectivity index (χ0n) is 21.9. The molecule has 5 rings (SSSR count). The van der Waals surface area contributed by atoms with E-state index in [1.54, 1.807) is 48.7 Å². The molecule has 10 heteroatoms. The summed E-state index contributed by atoms with van der Waals surface area (Å²) in [6.45, 7) is 5.15. The largest absolute Gasteiger partial charge is 0.479 e. The maximum absolute atomic E-state index is 14.6. The normalized spacial score (nSPS) is 22.3. The smallest absolute Gasteiger partial charge is 0.330 e. The van der Waals surface area contributed by atoms with E-state index in [4.69, 9.17) is 0 Å². The summed E-state index contributed by atoms with van der Waals surface area (Å²) in [5.41, 5.74) is 0.210. The molecule has 4 atom stereocenters. The number of benzene rings is 2. The van der Waals surface area contributed by atoms with Gasteiger partial charge in [0.1, 0.15) is 5.54 Å². The van der Waals surface area contributed by atoms with Crippen LogP contribution in [0.15, 0.2) is 77.5 Å². The van der Waals surface area contributed by atoms with E-state index < -0.39 is 40.2 Å². The average molecular weight is 575 g/mol. The molecule has 2 aromatic carbocycles. The minimum Gasteiger partial charge on any atom is -0.479 e. The highest BCUT2D eigenvalue weighted by atomic mass is 32.1. The molecule has 8 nitrogen and oxygen atoms in total. The van der Waals surface area contributed by atoms with Gasteiger partial charge in [0.2, 0.25) is 0 Å². The number of carboxylic acid groups (broad SMARTS) is 1. The van der Waals surface area contributed by atoms with Gasteiger partial charge in [-0.15, -0.1) is 22.7 Å². The van der Waals surface area contributed by atoms with Crippen LogP contribution in [0.25, 0.3) is 0 Å². The summed E-state index contributed by atoms with van der Waals surface area (Å²) in [5.74, 6) is -4.08. The van der Waals surface area contributed by atoms with Gasteiger partial charge < -0.3 is 10.0 Å². The van der Waals surface area contributed by atoms with Crippen LogP contribution in [0.2, 0.25) is 0 Å². The van der Waals surface area contributed by atoms with Crippen LogP contribution in [0.1, 0.15) is 60.5 Å². The first-order valence-electron chi connectivity index (χ1n) is 12.6. The van der Waals surface area contributed by atoms with Crippen LogP contribution >= 0.6 is 22.7 Å². The third kappa shape index (κ3) is 4.33. The lowest BCUT2D eigenvalue weighted by Gasteiger charge is -2.37. The topological polar surface area (TPSA) is 118 Å². The summed E-state index contributed by atoms with van der Waals surface area (Å²) in [4.78, 5) is 55.7. The van der Waals surface area contributed by atoms with Gasteiger partial charge in [0, 0.05) is 28.5 Å². The van der Waals surface area contributed by atoms with Crippen molar-refractivity contribution in [2.24, 2.45) is 5.92 Å². The van der Waals surface area contributed by atoms with Crippen LogP contribution in [0.4, 0.5) is 5.69 Å². The van der Waals surface area contributed by atoms with Crippen molar-refractivity contribution in [1.82, 2.24) is 4.90 Å². The Morgan fingerprint density at radius 3 is 2.30 bits per heavy atom. The number of aryl methyl sites for hydroxylation is 2. The monoisotopic (exact) mass is 574 g/mol. The molecule has 0 spiro atoms. The molecular weight excluding hydrogens is 548 g/mol. The van der Waals surface area contributed by atoms with E-state index in [1.807, 2.05) is 24.4 Å². The standard InChI is InChI=1S/C30H26N2O6S2/c1-17-8-4-5-11-21(17)26(33)23-24(27-18(2)13-15-40-27)30(3,29(35)36)31(28(34)22-12-7-14-39-22)25(23)19-9-6-10-20(16-19)32(37)38/h4-16,23-25H,1-3H3,(H,35,36). The SMILES string of the molecule is Cc1ccccc1C(=O)C1C(c2cccc([N+](=O)[O-])c2)N(C(=O)c2cccs2)C(C)(C(=O)O)C1c1sccc1C. The number of hydrogen-bond acceptors (Lipinski definition) is 7. The zero-order chi connectivity index (χ0) is 28.8. The Kier molecular flexibility index (Phi) is 7.16. The van der Waals surface area contributed by atoms with Crippen LogP contribution < -0.4 is 0 Å². The van der Waals surface area contributed by atoms with E-state index in [0.29, 0.717) is 26.4 Å². The summed E-state index contributed by atoms with van der Waals surface area (Å²) in [6, 6.07) is 16.9. The van der Waals surface area contributed by atoms with Gasteiger partial charge >= 0.3 is 5.97 Å². The predicted molar refractivity (Wildman–Crippen MR) is 153 cm³/mol. The summed E-state index contributed by atoms with van der Waals surface area (Å²) < 4.78 is 0. The third-order valence-electron chi connectivity index (χ3n) is 7.79. The quantitative estimate of drug-likeness (QED) is 0.150. The Morgan fingerprint density at radius 1 is 0.950 bits per heavy atom. The van der Waals surface area contributed by atoms with E-state index in [-0.39, 0.29) is 11.5 Å². The van der Waals surface area contributed by atoms with Crippen molar-refractivity contribution in [1.29, 1.82) is 0 Å². The lowest BCUT2D eigenvalue weighted by molar-refractivity contribution is -0.385. The Hall–Kier alpha value is -4.15. The number of ketones is 1. The number of thiophene rings is 2. The van der Waals surface area contributed by atoms with E-state index in [9.17, 15) is 29.6 Å². The van der Waals surface area contributed by atoms with Crippen molar-refractivity contribution in [3.05, 3.63) is 120 Å². The highest BCUT2D eigenvalue weighted by molar-refractivity contribution is 7.12. The second kappa shape index (κ2) is 10.4. The third-order valence-corrected chi connectivity index (χ3v) is 9.75. The molecule has 3 heterocycles. The van der Waals surface area contributed by atoms with E-state index in [0.717, 1.165) is 5.56 Å². The number of aliphatic carboxylic acids is 1. The van der Waals surface area contributed by atoms with Crippen LogP contribution in [0.3, 0.4) is 0 Å². The number of carbonyl (C=O) groups is 3. The van der Waals surface area contributed by atoms with Crippen molar-refractivity contribution in [3.63, 3.8) is 0 Å². The van der Waals surface area contributed by atoms with Crippen molar-refractivity contribution in [2.45, 2.75) is 38.3 Å². The number of carboxylic acids is 1. The first-order valence-corrected chi connectivity index (χ1v) is 14.3. The fourth-order valence-corrected chi connectivity index (χ4v) is 7.70. The van der Waals surface area contributed by atoms with Gasteiger partial charge in [-0.25, -0.2) is 4.79 Å². The van der Waals surface area contributed by atoms with Gasteiger partial charge in [-0.1, -0.05) is 42.5 Å². The average Bonchev–Trinajstić information content (AvgIpc) is 3.67. The molecular formula is C30H26N2O6S2. The van der Waals surface area contributed by atoms with Crippen molar-refractivity contribution < 1.29 is 24.4 Å². The Morgan fingerprint density at radius 2 is 1.70 bits per heavy atom. The van der Waals surface area contributed by atoms with E-state index in [2.05, 4.69) is 0 Å². The molecule has 0 saturated carbocycles. The molecule has 0 bridgehead atoms. The molecule has 1 aliphatic heterocycles. The van der Waals surface area contributed by atoms with Gasteiger partial charge in [0.15, 0.2) is 5.78 Å². The number of likely N-dealkylation sites (tertiary alicyclic amines) is 1. The number of amides is 1. The number of Topliss-reactive ketones (excluding diaryl/α,β-unsaturated/α-hetero) is 1. The molecule has 0 radical (unpaired) electrons. The fourth-order valence-electron chi connectivity index (χ4n) is 5.85. The van der Waals surface area contributed by atoms with Gasteiger partial charge in [-0.05, 0) is 60.4 Å². The summed E-state index contributed by atoms with van der Waals surface area (Å²) in [7, 11) is 0. The van der Waals surface area contributed by atoms with Gasteiger partial charge in [-0.3, -0.25) is 19.7 Å². The molecule has 1 fully saturated rings. The predicted octanol–water partition coefficient (Wildman–Crippen LogP) is 6.66. The number of nitro groups is 1. The number of carbonyl (C=O) groups excluding carboxylic acids is 2. The summed E-state index contributed by atoms with van der Waals surface area (Å²) in [6.07, 6.45) is 0. The minimum absolute atomic E-state index is 0.212. The Labute approximate surface area is 238 Å². The van der Waals surface area contributed by atoms with Crippen molar-refractivity contribution in [2.75, 3.05) is 0 Å². The minimum atomic E-state index is -1.85. The number of hydrogen-bond donors (Lipinski definition) is 1. The van der Waals surface area contributed by atoms with Crippen LogP contribution in [-0.4, -0.2) is 38.1 Å².